The van der Waals surface area contributed by atoms with Crippen LogP contribution in [0.4, 0.5) is 0 Å². The van der Waals surface area contributed by atoms with Gasteiger partial charge in [0.05, 0.1) is 18.8 Å². The zero-order valence-corrected chi connectivity index (χ0v) is 15.1. The van der Waals surface area contributed by atoms with Crippen molar-refractivity contribution in [3.8, 4) is 0 Å². The third-order valence-corrected chi connectivity index (χ3v) is 5.25. The molecule has 1 aromatic heterocycles. The van der Waals surface area contributed by atoms with E-state index in [2.05, 4.69) is 0 Å². The van der Waals surface area contributed by atoms with Gasteiger partial charge in [0.1, 0.15) is 6.54 Å². The Labute approximate surface area is 148 Å². The molecular formula is C19H28N2O4. The number of rotatable bonds is 5. The molecule has 1 amide bonds. The van der Waals surface area contributed by atoms with Crippen LogP contribution in [0.2, 0.25) is 0 Å². The molecular weight excluding hydrogens is 320 g/mol. The quantitative estimate of drug-likeness (QED) is 0.812. The molecule has 3 heterocycles. The van der Waals surface area contributed by atoms with Crippen LogP contribution >= 0.6 is 0 Å². The van der Waals surface area contributed by atoms with Crippen LogP contribution in [-0.2, 0) is 20.8 Å². The molecule has 0 saturated carbocycles. The van der Waals surface area contributed by atoms with Crippen molar-refractivity contribution >= 4 is 5.91 Å². The minimum Gasteiger partial charge on any atom is -0.378 e. The van der Waals surface area contributed by atoms with Gasteiger partial charge in [-0.3, -0.25) is 9.59 Å². The Morgan fingerprint density at radius 1 is 1.44 bits per heavy atom. The van der Waals surface area contributed by atoms with Gasteiger partial charge in [-0.15, -0.1) is 0 Å². The van der Waals surface area contributed by atoms with Crippen molar-refractivity contribution in [2.24, 2.45) is 5.41 Å². The molecule has 138 valence electrons. The number of aromatic nitrogens is 1. The minimum absolute atomic E-state index is 0.0127. The predicted octanol–water partition coefficient (Wildman–Crippen LogP) is 1.67. The number of pyridine rings is 1. The van der Waals surface area contributed by atoms with Gasteiger partial charge in [0.2, 0.25) is 5.91 Å². The second kappa shape index (κ2) is 7.70. The molecule has 0 radical (unpaired) electrons. The number of carbonyl (C=O) groups is 1. The summed E-state index contributed by atoms with van der Waals surface area (Å²) in [5.41, 5.74) is -0.275. The number of piperidine rings is 1. The van der Waals surface area contributed by atoms with Crippen molar-refractivity contribution < 1.29 is 14.3 Å². The smallest absolute Gasteiger partial charge is 0.250 e. The third-order valence-electron chi connectivity index (χ3n) is 5.25. The highest BCUT2D eigenvalue weighted by Crippen LogP contribution is 2.40. The molecule has 2 atom stereocenters. The third kappa shape index (κ3) is 4.12. The molecule has 6 nitrogen and oxygen atoms in total. The molecule has 3 rings (SSSR count). The van der Waals surface area contributed by atoms with Crippen molar-refractivity contribution in [3.63, 3.8) is 0 Å². The Hall–Kier alpha value is -1.66. The summed E-state index contributed by atoms with van der Waals surface area (Å²) >= 11 is 0. The Morgan fingerprint density at radius 3 is 3.04 bits per heavy atom. The molecule has 2 aliphatic rings. The monoisotopic (exact) mass is 348 g/mol. The second-order valence-electron chi connectivity index (χ2n) is 7.46. The number of hydrogen-bond acceptors (Lipinski definition) is 4. The average Bonchev–Trinajstić information content (AvgIpc) is 2.61. The number of fused-ring (bicyclic) bond motifs is 1. The summed E-state index contributed by atoms with van der Waals surface area (Å²) in [5.74, 6) is -0.0127. The van der Waals surface area contributed by atoms with Crippen molar-refractivity contribution in [1.29, 1.82) is 0 Å². The fourth-order valence-corrected chi connectivity index (χ4v) is 3.88. The normalized spacial score (nSPS) is 26.5. The number of likely N-dealkylation sites (tertiary alicyclic amines) is 1. The van der Waals surface area contributed by atoms with Gasteiger partial charge in [-0.1, -0.05) is 6.07 Å². The zero-order chi connectivity index (χ0) is 17.9. The van der Waals surface area contributed by atoms with Gasteiger partial charge in [-0.2, -0.15) is 0 Å². The Balaban J connectivity index is 1.71. The molecule has 6 heteroatoms. The standard InChI is InChI=1S/C19H28N2O4/c1-15(2)25-14-19-8-5-11-24-16(19)7-10-21(13-19)18(23)12-20-9-4-3-6-17(20)22/h3-4,6,9,15-16H,5,7-8,10-14H2,1-2H3. The van der Waals surface area contributed by atoms with Crippen molar-refractivity contribution in [1.82, 2.24) is 9.47 Å². The first-order valence-electron chi connectivity index (χ1n) is 9.17. The molecule has 0 spiro atoms. The maximum absolute atomic E-state index is 12.8. The highest BCUT2D eigenvalue weighted by molar-refractivity contribution is 5.76. The molecule has 0 bridgehead atoms. The fourth-order valence-electron chi connectivity index (χ4n) is 3.88. The second-order valence-corrected chi connectivity index (χ2v) is 7.46. The highest BCUT2D eigenvalue weighted by atomic mass is 16.5. The number of carbonyl (C=O) groups excluding carboxylic acids is 1. The van der Waals surface area contributed by atoms with E-state index < -0.39 is 0 Å². The van der Waals surface area contributed by atoms with Gasteiger partial charge in [0, 0.05) is 37.4 Å². The summed E-state index contributed by atoms with van der Waals surface area (Å²) in [6, 6.07) is 4.94. The molecule has 1 aromatic rings. The number of ether oxygens (including phenoxy) is 2. The fraction of sp³-hybridized carbons (Fsp3) is 0.684. The Morgan fingerprint density at radius 2 is 2.28 bits per heavy atom. The molecule has 2 unspecified atom stereocenters. The van der Waals surface area contributed by atoms with E-state index in [1.165, 1.54) is 10.6 Å². The van der Waals surface area contributed by atoms with Crippen LogP contribution in [0.5, 0.6) is 0 Å². The lowest BCUT2D eigenvalue weighted by molar-refractivity contribution is -0.168. The summed E-state index contributed by atoms with van der Waals surface area (Å²) in [5, 5.41) is 0. The van der Waals surface area contributed by atoms with Crippen molar-refractivity contribution in [3.05, 3.63) is 34.7 Å². The van der Waals surface area contributed by atoms with Crippen molar-refractivity contribution in [2.45, 2.75) is 51.9 Å². The van der Waals surface area contributed by atoms with Gasteiger partial charge in [0.15, 0.2) is 0 Å². The van der Waals surface area contributed by atoms with E-state index in [4.69, 9.17) is 9.47 Å². The van der Waals surface area contributed by atoms with E-state index in [1.807, 2.05) is 18.7 Å². The van der Waals surface area contributed by atoms with Crippen LogP contribution in [0, 0.1) is 5.41 Å². The van der Waals surface area contributed by atoms with Gasteiger partial charge in [0.25, 0.3) is 5.56 Å². The average molecular weight is 348 g/mol. The predicted molar refractivity (Wildman–Crippen MR) is 94.4 cm³/mol. The molecule has 0 N–H and O–H groups in total. The first-order chi connectivity index (χ1) is 12.0. The topological polar surface area (TPSA) is 60.8 Å². The lowest BCUT2D eigenvalue weighted by atomic mass is 9.73. The number of amides is 1. The van der Waals surface area contributed by atoms with Gasteiger partial charge in [-0.25, -0.2) is 0 Å². The summed E-state index contributed by atoms with van der Waals surface area (Å²) in [6.45, 7) is 6.88. The van der Waals surface area contributed by atoms with Gasteiger partial charge < -0.3 is 18.9 Å². The summed E-state index contributed by atoms with van der Waals surface area (Å²) in [6.07, 6.45) is 4.82. The van der Waals surface area contributed by atoms with Crippen LogP contribution < -0.4 is 5.56 Å². The van der Waals surface area contributed by atoms with E-state index in [9.17, 15) is 9.59 Å². The minimum atomic E-state index is -0.149. The van der Waals surface area contributed by atoms with E-state index in [-0.39, 0.29) is 35.6 Å². The molecule has 2 saturated heterocycles. The lowest BCUT2D eigenvalue weighted by Gasteiger charge is -2.50. The number of nitrogens with zero attached hydrogens (tertiary/aromatic N) is 2. The van der Waals surface area contributed by atoms with Crippen LogP contribution in [0.1, 0.15) is 33.1 Å². The van der Waals surface area contributed by atoms with Gasteiger partial charge >= 0.3 is 0 Å². The van der Waals surface area contributed by atoms with E-state index in [0.717, 1.165) is 25.9 Å². The molecule has 0 aliphatic carbocycles. The van der Waals surface area contributed by atoms with Crippen LogP contribution in [-0.4, -0.2) is 53.9 Å². The van der Waals surface area contributed by atoms with Crippen LogP contribution in [0.15, 0.2) is 29.2 Å². The zero-order valence-electron chi connectivity index (χ0n) is 15.1. The SMILES string of the molecule is CC(C)OCC12CCCOC1CCN(C(=O)Cn1ccccc1=O)C2. The first-order valence-corrected chi connectivity index (χ1v) is 9.17. The van der Waals surface area contributed by atoms with Crippen LogP contribution in [0.3, 0.4) is 0 Å². The van der Waals surface area contributed by atoms with Crippen LogP contribution in [0.25, 0.3) is 0 Å². The summed E-state index contributed by atoms with van der Waals surface area (Å²) < 4.78 is 13.4. The van der Waals surface area contributed by atoms with Crippen molar-refractivity contribution in [2.75, 3.05) is 26.3 Å². The van der Waals surface area contributed by atoms with E-state index in [1.54, 1.807) is 18.3 Å². The molecule has 0 aromatic carbocycles. The maximum atomic E-state index is 12.8. The molecule has 2 fully saturated rings. The van der Waals surface area contributed by atoms with E-state index >= 15 is 0 Å². The largest absolute Gasteiger partial charge is 0.378 e. The number of hydrogen-bond donors (Lipinski definition) is 0. The Bertz CT molecular complexity index is 657. The first kappa shape index (κ1) is 18.1. The molecule has 25 heavy (non-hydrogen) atoms. The molecule has 2 aliphatic heterocycles. The highest BCUT2D eigenvalue weighted by Gasteiger charge is 2.47. The lowest BCUT2D eigenvalue weighted by Crippen LogP contribution is -2.58. The Kier molecular flexibility index (Phi) is 5.59. The summed E-state index contributed by atoms with van der Waals surface area (Å²) in [4.78, 5) is 26.5. The maximum Gasteiger partial charge on any atom is 0.250 e. The van der Waals surface area contributed by atoms with E-state index in [0.29, 0.717) is 19.7 Å². The summed E-state index contributed by atoms with van der Waals surface area (Å²) in [7, 11) is 0. The van der Waals surface area contributed by atoms with Gasteiger partial charge in [-0.05, 0) is 39.2 Å².